The van der Waals surface area contributed by atoms with Crippen LogP contribution in [0.25, 0.3) is 11.2 Å². The zero-order chi connectivity index (χ0) is 22.9. The van der Waals surface area contributed by atoms with Crippen LogP contribution in [0.4, 0.5) is 5.82 Å². The molecule has 6 N–H and O–H groups in total. The third kappa shape index (κ3) is 5.08. The Morgan fingerprint density at radius 1 is 1.22 bits per heavy atom. The minimum Gasteiger partial charge on any atom is -0.462 e. The summed E-state index contributed by atoms with van der Waals surface area (Å²) in [6.45, 7) is -0.360. The first kappa shape index (κ1) is 23.0. The van der Waals surface area contributed by atoms with E-state index in [1.54, 1.807) is 18.2 Å². The Morgan fingerprint density at radius 2 is 2.03 bits per heavy atom. The number of aromatic amines is 1. The van der Waals surface area contributed by atoms with E-state index >= 15 is 0 Å². The summed E-state index contributed by atoms with van der Waals surface area (Å²) in [5.41, 5.74) is 1.80. The Labute approximate surface area is 189 Å². The zero-order valence-electron chi connectivity index (χ0n) is 16.2. The van der Waals surface area contributed by atoms with Crippen LogP contribution in [0.3, 0.4) is 0 Å². The number of nitrogens with one attached hydrogen (secondary N) is 2. The molecule has 4 atom stereocenters. The number of anilines is 1. The summed E-state index contributed by atoms with van der Waals surface area (Å²) >= 11 is 3.47. The number of rotatable bonds is 8. The molecule has 4 rings (SSSR count). The minimum atomic E-state index is -4.76. The molecule has 13 nitrogen and oxygen atoms in total. The number of aromatic nitrogens is 4. The molecule has 1 aliphatic heterocycles. The predicted octanol–water partition coefficient (Wildman–Crippen LogP) is 0.662. The van der Waals surface area contributed by atoms with Crippen LogP contribution in [-0.2, 0) is 20.4 Å². The maximum absolute atomic E-state index is 10.9. The number of H-pyrrole nitrogens is 1. The second-order valence-corrected chi connectivity index (χ2v) is 8.92. The maximum Gasteiger partial charge on any atom is 0.469 e. The van der Waals surface area contributed by atoms with E-state index < -0.39 is 39.0 Å². The van der Waals surface area contributed by atoms with Crippen LogP contribution in [0.2, 0.25) is 0 Å². The van der Waals surface area contributed by atoms with Gasteiger partial charge in [0.25, 0.3) is 0 Å². The first-order valence-electron chi connectivity index (χ1n) is 9.26. The molecule has 3 heterocycles. The van der Waals surface area contributed by atoms with Crippen LogP contribution in [0.15, 0.2) is 35.3 Å². The number of imidazole rings is 1. The number of phosphoric ester groups is 1. The highest BCUT2D eigenvalue weighted by atomic mass is 79.9. The van der Waals surface area contributed by atoms with Crippen LogP contribution in [0.1, 0.15) is 5.56 Å². The number of halogens is 1. The fourth-order valence-electron chi connectivity index (χ4n) is 3.14. The molecule has 1 saturated heterocycles. The van der Waals surface area contributed by atoms with Crippen LogP contribution in [0.5, 0.6) is 5.75 Å². The lowest BCUT2D eigenvalue weighted by atomic mass is 10.1. The first-order valence-corrected chi connectivity index (χ1v) is 11.6. The number of aliphatic hydroxyl groups is 2. The Kier molecular flexibility index (Phi) is 6.74. The number of ether oxygens (including phenoxy) is 2. The molecule has 0 aliphatic carbocycles. The van der Waals surface area contributed by atoms with Crippen molar-refractivity contribution < 1.29 is 38.6 Å². The molecule has 2 aromatic heterocycles. The van der Waals surface area contributed by atoms with Crippen molar-refractivity contribution in [2.75, 3.05) is 11.9 Å². The number of fused-ring (bicyclic) bond motifs is 1. The van der Waals surface area contributed by atoms with E-state index in [2.05, 4.69) is 45.7 Å². The van der Waals surface area contributed by atoms with E-state index in [-0.39, 0.29) is 6.54 Å². The zero-order valence-corrected chi connectivity index (χ0v) is 18.7. The van der Waals surface area contributed by atoms with Gasteiger partial charge in [0.15, 0.2) is 11.5 Å². The van der Waals surface area contributed by atoms with Crippen molar-refractivity contribution in [2.24, 2.45) is 0 Å². The fourth-order valence-corrected chi connectivity index (χ4v) is 3.97. The molecular formula is C17H19BrN5O8P. The third-order valence-electron chi connectivity index (χ3n) is 4.70. The van der Waals surface area contributed by atoms with Gasteiger partial charge in [0.2, 0.25) is 6.29 Å². The lowest BCUT2D eigenvalue weighted by Gasteiger charge is -2.20. The number of hydrogen-bond donors (Lipinski definition) is 6. The van der Waals surface area contributed by atoms with E-state index in [1.807, 2.05) is 0 Å². The molecule has 1 aromatic carbocycles. The molecule has 32 heavy (non-hydrogen) atoms. The van der Waals surface area contributed by atoms with Gasteiger partial charge in [-0.05, 0) is 12.1 Å². The van der Waals surface area contributed by atoms with E-state index in [0.29, 0.717) is 32.8 Å². The Hall–Kier alpha value is -2.16. The molecule has 0 spiro atoms. The van der Waals surface area contributed by atoms with Crippen molar-refractivity contribution in [2.45, 2.75) is 31.1 Å². The topological polar surface area (TPSA) is 192 Å². The van der Waals surface area contributed by atoms with Gasteiger partial charge in [-0.1, -0.05) is 22.0 Å². The second kappa shape index (κ2) is 9.37. The SMILES string of the molecule is O=P(O)(O)OC[C@H]1OC(Oc2cccc(Br)c2CNc2ncnc3nc[nH]c23)[C@H](O)[C@@H]1O. The highest BCUT2D eigenvalue weighted by Crippen LogP contribution is 2.38. The van der Waals surface area contributed by atoms with Gasteiger partial charge in [-0.15, -0.1) is 0 Å². The summed E-state index contributed by atoms with van der Waals surface area (Å²) < 4.78 is 27.2. The Bertz CT molecular complexity index is 1140. The van der Waals surface area contributed by atoms with Crippen molar-refractivity contribution in [1.29, 1.82) is 0 Å². The summed E-state index contributed by atoms with van der Waals surface area (Å²) in [6.07, 6.45) is -2.52. The van der Waals surface area contributed by atoms with Crippen LogP contribution in [-0.4, -0.2) is 71.1 Å². The summed E-state index contributed by atoms with van der Waals surface area (Å²) in [5.74, 6) is 0.867. The Balaban J connectivity index is 1.48. The average molecular weight is 532 g/mol. The van der Waals surface area contributed by atoms with Gasteiger partial charge >= 0.3 is 7.82 Å². The number of aliphatic hydroxyl groups excluding tert-OH is 2. The normalized spacial score (nSPS) is 23.5. The van der Waals surface area contributed by atoms with Gasteiger partial charge in [-0.2, -0.15) is 0 Å². The molecule has 1 aliphatic rings. The van der Waals surface area contributed by atoms with Crippen LogP contribution >= 0.6 is 23.8 Å². The highest BCUT2D eigenvalue weighted by Gasteiger charge is 2.45. The van der Waals surface area contributed by atoms with Crippen molar-refractivity contribution in [3.8, 4) is 5.75 Å². The first-order chi connectivity index (χ1) is 15.2. The number of nitrogens with zero attached hydrogens (tertiary/aromatic N) is 3. The predicted molar refractivity (Wildman–Crippen MR) is 112 cm³/mol. The molecule has 0 bridgehead atoms. The van der Waals surface area contributed by atoms with Gasteiger partial charge in [0.1, 0.15) is 35.9 Å². The molecular weight excluding hydrogens is 513 g/mol. The molecule has 0 saturated carbocycles. The van der Waals surface area contributed by atoms with Crippen molar-refractivity contribution >= 4 is 40.7 Å². The van der Waals surface area contributed by atoms with Crippen molar-refractivity contribution in [3.63, 3.8) is 0 Å². The molecule has 0 amide bonds. The minimum absolute atomic E-state index is 0.262. The van der Waals surface area contributed by atoms with Gasteiger partial charge in [-0.3, -0.25) is 4.52 Å². The molecule has 1 fully saturated rings. The number of phosphoric acid groups is 1. The van der Waals surface area contributed by atoms with Gasteiger partial charge in [-0.25, -0.2) is 19.5 Å². The molecule has 0 radical (unpaired) electrons. The van der Waals surface area contributed by atoms with Crippen molar-refractivity contribution in [3.05, 3.63) is 40.9 Å². The van der Waals surface area contributed by atoms with Crippen LogP contribution in [0, 0.1) is 0 Å². The standard InChI is InChI=1S/C17H19BrN5O8P/c18-9-2-1-3-10(8(9)4-19-15-12-16(21-6-20-12)23-7-22-15)30-17-14(25)13(24)11(31-17)5-29-32(26,27)28/h1-3,6-7,11,13-14,17,24-25H,4-5H2,(H2,26,27,28)(H2,19,20,21,22,23)/t11-,13-,14-,17?/m1/s1. The molecule has 172 valence electrons. The van der Waals surface area contributed by atoms with Gasteiger partial charge in [0.05, 0.1) is 12.9 Å². The summed E-state index contributed by atoms with van der Waals surface area (Å²) in [4.78, 5) is 33.0. The molecule has 3 aromatic rings. The average Bonchev–Trinajstić information content (AvgIpc) is 3.32. The van der Waals surface area contributed by atoms with Gasteiger partial charge < -0.3 is 39.8 Å². The monoisotopic (exact) mass is 531 g/mol. The quantitative estimate of drug-likeness (QED) is 0.223. The van der Waals surface area contributed by atoms with Crippen LogP contribution < -0.4 is 10.1 Å². The number of hydrogen-bond acceptors (Lipinski definition) is 10. The smallest absolute Gasteiger partial charge is 0.462 e. The van der Waals surface area contributed by atoms with E-state index in [9.17, 15) is 14.8 Å². The van der Waals surface area contributed by atoms with Gasteiger partial charge in [0, 0.05) is 16.6 Å². The third-order valence-corrected chi connectivity index (χ3v) is 5.93. The maximum atomic E-state index is 10.9. The summed E-state index contributed by atoms with van der Waals surface area (Å²) in [5, 5.41) is 23.6. The summed E-state index contributed by atoms with van der Waals surface area (Å²) in [6, 6.07) is 5.16. The fraction of sp³-hybridized carbons (Fsp3) is 0.353. The largest absolute Gasteiger partial charge is 0.469 e. The summed E-state index contributed by atoms with van der Waals surface area (Å²) in [7, 11) is -4.76. The van der Waals surface area contributed by atoms with Crippen molar-refractivity contribution in [1.82, 2.24) is 19.9 Å². The lowest BCUT2D eigenvalue weighted by Crippen LogP contribution is -2.36. The second-order valence-electron chi connectivity index (χ2n) is 6.82. The number of benzene rings is 1. The highest BCUT2D eigenvalue weighted by molar-refractivity contribution is 9.10. The Morgan fingerprint density at radius 3 is 2.81 bits per heavy atom. The lowest BCUT2D eigenvalue weighted by molar-refractivity contribution is -0.116. The van der Waals surface area contributed by atoms with E-state index in [4.69, 9.17) is 19.3 Å². The molecule has 15 heteroatoms. The van der Waals surface area contributed by atoms with E-state index in [0.717, 1.165) is 0 Å². The van der Waals surface area contributed by atoms with E-state index in [1.165, 1.54) is 12.7 Å². The molecule has 1 unspecified atom stereocenters.